The van der Waals surface area contributed by atoms with Gasteiger partial charge in [0.25, 0.3) is 0 Å². The van der Waals surface area contributed by atoms with Crippen LogP contribution in [0.15, 0.2) is 51.7 Å². The molecular weight excluding hydrogens is 560 g/mol. The van der Waals surface area contributed by atoms with Crippen LogP contribution in [0.5, 0.6) is 17.2 Å². The molecule has 2 fully saturated rings. The Balaban J connectivity index is 1.35. The molecule has 0 bridgehead atoms. The summed E-state index contributed by atoms with van der Waals surface area (Å²) < 4.78 is 33.2. The van der Waals surface area contributed by atoms with Crippen molar-refractivity contribution in [2.24, 2.45) is 0 Å². The van der Waals surface area contributed by atoms with E-state index in [-0.39, 0.29) is 22.5 Å². The highest BCUT2D eigenvalue weighted by Crippen LogP contribution is 2.34. The van der Waals surface area contributed by atoms with E-state index in [2.05, 4.69) is 0 Å². The van der Waals surface area contributed by atoms with Crippen molar-refractivity contribution < 1.29 is 63.8 Å². The molecule has 0 amide bonds. The number of aromatic hydroxyl groups is 1. The smallest absolute Gasteiger partial charge is 0.229 e. The Morgan fingerprint density at radius 1 is 0.786 bits per heavy atom. The van der Waals surface area contributed by atoms with Crippen molar-refractivity contribution in [2.75, 3.05) is 13.7 Å². The Kier molecular flexibility index (Phi) is 8.71. The molecule has 7 N–H and O–H groups in total. The number of aliphatic hydroxyl groups excluding tert-OH is 6. The molecular formula is C28H32O14. The first kappa shape index (κ1) is 30.2. The fraction of sp³-hybridized carbons (Fsp3) is 0.464. The van der Waals surface area contributed by atoms with E-state index in [1.807, 2.05) is 0 Å². The number of aliphatic hydroxyl groups is 6. The number of methoxy groups -OCH3 is 1. The Morgan fingerprint density at radius 2 is 1.45 bits per heavy atom. The maximum atomic E-state index is 12.8. The van der Waals surface area contributed by atoms with Gasteiger partial charge in [-0.2, -0.15) is 0 Å². The summed E-state index contributed by atoms with van der Waals surface area (Å²) in [6, 6.07) is 10.4. The molecule has 0 radical (unpaired) electrons. The third-order valence-corrected chi connectivity index (χ3v) is 7.31. The van der Waals surface area contributed by atoms with Crippen LogP contribution < -0.4 is 14.9 Å². The zero-order valence-electron chi connectivity index (χ0n) is 22.5. The average Bonchev–Trinajstić information content (AvgIpc) is 2.97. The summed E-state index contributed by atoms with van der Waals surface area (Å²) in [5, 5.41) is 71.9. The molecule has 2 aliphatic heterocycles. The van der Waals surface area contributed by atoms with Gasteiger partial charge in [0.15, 0.2) is 11.7 Å². The van der Waals surface area contributed by atoms with Gasteiger partial charge in [-0.15, -0.1) is 0 Å². The maximum Gasteiger partial charge on any atom is 0.229 e. The number of hydrogen-bond acceptors (Lipinski definition) is 14. The van der Waals surface area contributed by atoms with Crippen LogP contribution in [0, 0.1) is 0 Å². The highest BCUT2D eigenvalue weighted by molar-refractivity contribution is 5.86. The molecule has 2 aromatic carbocycles. The Morgan fingerprint density at radius 3 is 2.14 bits per heavy atom. The van der Waals surface area contributed by atoms with Crippen LogP contribution in [0.25, 0.3) is 22.3 Å². The number of fused-ring (bicyclic) bond motifs is 1. The van der Waals surface area contributed by atoms with Gasteiger partial charge in [-0.25, -0.2) is 0 Å². The van der Waals surface area contributed by atoms with E-state index in [4.69, 9.17) is 28.1 Å². The van der Waals surface area contributed by atoms with E-state index in [0.29, 0.717) is 11.3 Å². The molecule has 4 unspecified atom stereocenters. The second kappa shape index (κ2) is 12.1. The van der Waals surface area contributed by atoms with Crippen LogP contribution in [0.3, 0.4) is 0 Å². The molecule has 10 atom stereocenters. The summed E-state index contributed by atoms with van der Waals surface area (Å²) in [6.45, 7) is 0.984. The lowest BCUT2D eigenvalue weighted by Crippen LogP contribution is -2.61. The molecule has 14 heteroatoms. The minimum absolute atomic E-state index is 0.0348. The van der Waals surface area contributed by atoms with Crippen molar-refractivity contribution in [3.8, 4) is 28.6 Å². The molecule has 0 spiro atoms. The number of ether oxygens (including phenoxy) is 5. The van der Waals surface area contributed by atoms with Crippen molar-refractivity contribution in [3.63, 3.8) is 0 Å². The first-order chi connectivity index (χ1) is 20.0. The maximum absolute atomic E-state index is 12.8. The van der Waals surface area contributed by atoms with Crippen molar-refractivity contribution in [3.05, 3.63) is 52.7 Å². The lowest BCUT2D eigenvalue weighted by atomic mass is 9.98. The van der Waals surface area contributed by atoms with Crippen molar-refractivity contribution in [1.82, 2.24) is 0 Å². The van der Waals surface area contributed by atoms with E-state index in [1.54, 1.807) is 24.3 Å². The van der Waals surface area contributed by atoms with Crippen LogP contribution >= 0.6 is 0 Å². The van der Waals surface area contributed by atoms with Gasteiger partial charge in [-0.05, 0) is 31.2 Å². The molecule has 228 valence electrons. The second-order valence-corrected chi connectivity index (χ2v) is 10.2. The summed E-state index contributed by atoms with van der Waals surface area (Å²) in [7, 11) is 1.52. The number of rotatable bonds is 7. The zero-order valence-corrected chi connectivity index (χ0v) is 22.5. The van der Waals surface area contributed by atoms with Crippen molar-refractivity contribution in [1.29, 1.82) is 0 Å². The van der Waals surface area contributed by atoms with Crippen LogP contribution in [-0.4, -0.2) is 111 Å². The molecule has 14 nitrogen and oxygen atoms in total. The lowest BCUT2D eigenvalue weighted by molar-refractivity contribution is -0.318. The monoisotopic (exact) mass is 592 g/mol. The predicted molar refractivity (Wildman–Crippen MR) is 142 cm³/mol. The van der Waals surface area contributed by atoms with Crippen LogP contribution in [0.4, 0.5) is 0 Å². The second-order valence-electron chi connectivity index (χ2n) is 10.2. The standard InChI is InChI=1S/C28H32O14/c1-11-21(31)23(33)25(35)27(39-11)38-10-19-22(32)24(34)26(36)28(42-19)40-14-7-15(29)20-16(30)9-17(41-18(20)8-14)12-3-5-13(37-2)6-4-12/h3-9,11,19,21-29,31-36H,10H2,1-2H3/t11?,19?,21-,22+,23+,24+,25?,26?,27+,28+/m0/s1. The molecule has 0 aliphatic carbocycles. The summed E-state index contributed by atoms with van der Waals surface area (Å²) in [4.78, 5) is 12.8. The Bertz CT molecular complexity index is 1440. The number of hydrogen-bond donors (Lipinski definition) is 7. The first-order valence-electron chi connectivity index (χ1n) is 13.1. The van der Waals surface area contributed by atoms with Gasteiger partial charge in [-0.3, -0.25) is 4.79 Å². The quantitative estimate of drug-likeness (QED) is 0.179. The fourth-order valence-corrected chi connectivity index (χ4v) is 4.84. The van der Waals surface area contributed by atoms with E-state index in [9.17, 15) is 40.5 Å². The molecule has 0 saturated carbocycles. The minimum Gasteiger partial charge on any atom is -0.507 e. The predicted octanol–water partition coefficient (Wildman–Crippen LogP) is -0.795. The molecule has 2 saturated heterocycles. The minimum atomic E-state index is -1.76. The van der Waals surface area contributed by atoms with Crippen LogP contribution in [0.2, 0.25) is 0 Å². The first-order valence-corrected chi connectivity index (χ1v) is 13.1. The van der Waals surface area contributed by atoms with Gasteiger partial charge < -0.3 is 63.8 Å². The number of benzene rings is 2. The average molecular weight is 593 g/mol. The van der Waals surface area contributed by atoms with E-state index < -0.39 is 79.2 Å². The molecule has 3 aromatic rings. The highest BCUT2D eigenvalue weighted by Gasteiger charge is 2.47. The summed E-state index contributed by atoms with van der Waals surface area (Å²) in [6.07, 6.45) is -14.8. The number of phenolic OH excluding ortho intramolecular Hbond substituents is 1. The third-order valence-electron chi connectivity index (χ3n) is 7.31. The van der Waals surface area contributed by atoms with E-state index >= 15 is 0 Å². The van der Waals surface area contributed by atoms with Gasteiger partial charge in [0.1, 0.15) is 76.7 Å². The Hall–Kier alpha value is -3.31. The normalized spacial score (nSPS) is 33.4. The van der Waals surface area contributed by atoms with Crippen LogP contribution in [0.1, 0.15) is 6.92 Å². The van der Waals surface area contributed by atoms with Gasteiger partial charge in [-0.1, -0.05) is 0 Å². The third kappa shape index (κ3) is 5.81. The molecule has 1 aromatic heterocycles. The van der Waals surface area contributed by atoms with Crippen LogP contribution in [-0.2, 0) is 14.2 Å². The molecule has 42 heavy (non-hydrogen) atoms. The van der Waals surface area contributed by atoms with E-state index in [1.165, 1.54) is 26.2 Å². The van der Waals surface area contributed by atoms with Gasteiger partial charge in [0.05, 0.1) is 19.8 Å². The van der Waals surface area contributed by atoms with Gasteiger partial charge >= 0.3 is 0 Å². The summed E-state index contributed by atoms with van der Waals surface area (Å²) in [5.74, 6) is 0.238. The summed E-state index contributed by atoms with van der Waals surface area (Å²) >= 11 is 0. The Labute approximate surface area is 238 Å². The largest absolute Gasteiger partial charge is 0.507 e. The van der Waals surface area contributed by atoms with E-state index in [0.717, 1.165) is 6.07 Å². The van der Waals surface area contributed by atoms with Crippen molar-refractivity contribution in [2.45, 2.75) is 68.3 Å². The van der Waals surface area contributed by atoms with Gasteiger partial charge in [0.2, 0.25) is 6.29 Å². The molecule has 5 rings (SSSR count). The fourth-order valence-electron chi connectivity index (χ4n) is 4.84. The van der Waals surface area contributed by atoms with Crippen molar-refractivity contribution >= 4 is 11.0 Å². The number of phenols is 1. The lowest BCUT2D eigenvalue weighted by Gasteiger charge is -2.42. The molecule has 2 aliphatic rings. The SMILES string of the molecule is COc1ccc(-c2cc(=O)c3c(O)cc(O[C@@H]4OC(CO[C@@H]5OC(C)[C@H](O)[C@@H](O)C5O)[C@@H](O)[C@@H](O)C4O)cc3o2)cc1. The summed E-state index contributed by atoms with van der Waals surface area (Å²) in [5.41, 5.74) is 0.0115. The topological polar surface area (TPSA) is 218 Å². The highest BCUT2D eigenvalue weighted by atomic mass is 16.7. The van der Waals surface area contributed by atoms with Gasteiger partial charge in [0, 0.05) is 23.8 Å². The zero-order chi connectivity index (χ0) is 30.3. The molecule has 3 heterocycles.